The van der Waals surface area contributed by atoms with Crippen LogP contribution in [0.5, 0.6) is 5.75 Å². The molecule has 0 aliphatic heterocycles. The molecule has 0 unspecified atom stereocenters. The summed E-state index contributed by atoms with van der Waals surface area (Å²) in [6.07, 6.45) is 0. The molecule has 0 atom stereocenters. The van der Waals surface area contributed by atoms with Crippen molar-refractivity contribution in [3.05, 3.63) is 64.7 Å². The molecule has 0 bridgehead atoms. The van der Waals surface area contributed by atoms with Crippen LogP contribution in [-0.4, -0.2) is 37.7 Å². The zero-order valence-electron chi connectivity index (χ0n) is 15.3. The molecule has 1 amide bonds. The molecule has 0 spiro atoms. The molecule has 1 heterocycles. The first-order valence-corrected chi connectivity index (χ1v) is 11.1. The fraction of sp³-hybridized carbons (Fsp3) is 0.167. The van der Waals surface area contributed by atoms with Gasteiger partial charge in [-0.1, -0.05) is 52.8 Å². The number of nitrogens with one attached hydrogen (secondary N) is 2. The van der Waals surface area contributed by atoms with Crippen LogP contribution in [0, 0.1) is 6.92 Å². The largest absolute Gasteiger partial charge is 0.492 e. The molecule has 2 N–H and O–H groups in total. The van der Waals surface area contributed by atoms with Crippen LogP contribution in [0.2, 0.25) is 5.02 Å². The Bertz CT molecular complexity index is 1100. The minimum atomic E-state index is -3.87. The van der Waals surface area contributed by atoms with E-state index < -0.39 is 15.9 Å². The molecule has 2 aromatic carbocycles. The summed E-state index contributed by atoms with van der Waals surface area (Å²) in [7, 11) is -3.87. The molecule has 3 rings (SSSR count). The normalized spacial score (nSPS) is 11.2. The van der Waals surface area contributed by atoms with Crippen molar-refractivity contribution in [3.8, 4) is 5.75 Å². The van der Waals surface area contributed by atoms with Crippen LogP contribution in [0.4, 0.5) is 5.13 Å². The summed E-state index contributed by atoms with van der Waals surface area (Å²) in [6, 6.07) is 13.9. The molecule has 0 fully saturated rings. The Morgan fingerprint density at radius 3 is 2.59 bits per heavy atom. The number of amides is 1. The molecule has 3 aromatic rings. The maximum absolute atomic E-state index is 12.3. The summed E-state index contributed by atoms with van der Waals surface area (Å²) in [4.78, 5) is 12.2. The average Bonchev–Trinajstić information content (AvgIpc) is 3.16. The van der Waals surface area contributed by atoms with Gasteiger partial charge in [0.1, 0.15) is 12.4 Å². The van der Waals surface area contributed by atoms with Gasteiger partial charge >= 0.3 is 0 Å². The molecule has 11 heteroatoms. The molecule has 0 aliphatic carbocycles. The molecule has 0 radical (unpaired) electrons. The van der Waals surface area contributed by atoms with Crippen LogP contribution in [0.15, 0.2) is 52.9 Å². The molecule has 0 aliphatic rings. The second-order valence-corrected chi connectivity index (χ2v) is 9.19. The van der Waals surface area contributed by atoms with E-state index >= 15 is 0 Å². The Kier molecular flexibility index (Phi) is 6.80. The van der Waals surface area contributed by atoms with E-state index in [1.54, 1.807) is 24.3 Å². The SMILES string of the molecule is Cc1ccc(OCCNS(=O)(=O)c2nnc(NC(=O)c3ccccc3Cl)s2)cc1. The third-order valence-electron chi connectivity index (χ3n) is 3.66. The van der Waals surface area contributed by atoms with Crippen molar-refractivity contribution >= 4 is 44.0 Å². The van der Waals surface area contributed by atoms with Crippen LogP contribution in [-0.2, 0) is 10.0 Å². The van der Waals surface area contributed by atoms with E-state index in [0.717, 1.165) is 16.9 Å². The summed E-state index contributed by atoms with van der Waals surface area (Å²) in [5, 5.41) is 10.2. The first-order chi connectivity index (χ1) is 13.8. The van der Waals surface area contributed by atoms with Gasteiger partial charge in [0.05, 0.1) is 10.6 Å². The number of hydrogen-bond donors (Lipinski definition) is 2. The van der Waals surface area contributed by atoms with Crippen LogP contribution in [0.25, 0.3) is 0 Å². The maximum Gasteiger partial charge on any atom is 0.269 e. The van der Waals surface area contributed by atoms with Crippen molar-refractivity contribution in [2.75, 3.05) is 18.5 Å². The Hall–Kier alpha value is -2.53. The van der Waals surface area contributed by atoms with E-state index in [9.17, 15) is 13.2 Å². The number of ether oxygens (including phenoxy) is 1. The zero-order chi connectivity index (χ0) is 20.9. The minimum absolute atomic E-state index is 0.0474. The highest BCUT2D eigenvalue weighted by molar-refractivity contribution is 7.91. The lowest BCUT2D eigenvalue weighted by molar-refractivity contribution is 0.102. The topological polar surface area (TPSA) is 110 Å². The number of carbonyl (C=O) groups is 1. The zero-order valence-corrected chi connectivity index (χ0v) is 17.6. The van der Waals surface area contributed by atoms with Crippen molar-refractivity contribution in [2.24, 2.45) is 0 Å². The highest BCUT2D eigenvalue weighted by Crippen LogP contribution is 2.22. The highest BCUT2D eigenvalue weighted by Gasteiger charge is 2.21. The van der Waals surface area contributed by atoms with Crippen molar-refractivity contribution in [1.82, 2.24) is 14.9 Å². The van der Waals surface area contributed by atoms with Gasteiger partial charge in [-0.15, -0.1) is 10.2 Å². The Labute approximate surface area is 176 Å². The van der Waals surface area contributed by atoms with Crippen LogP contribution >= 0.6 is 22.9 Å². The second-order valence-electron chi connectivity index (χ2n) is 5.87. The van der Waals surface area contributed by atoms with Gasteiger partial charge in [0, 0.05) is 6.54 Å². The average molecular weight is 453 g/mol. The molecule has 0 saturated heterocycles. The van der Waals surface area contributed by atoms with Gasteiger partial charge in [-0.3, -0.25) is 10.1 Å². The number of nitrogens with zero attached hydrogens (tertiary/aromatic N) is 2. The standard InChI is InChI=1S/C18H17ClN4O4S2/c1-12-6-8-13(9-7-12)27-11-10-20-29(25,26)18-23-22-17(28-18)21-16(24)14-4-2-3-5-15(14)19/h2-9,20H,10-11H2,1H3,(H,21,22,24). The summed E-state index contributed by atoms with van der Waals surface area (Å²) in [5.74, 6) is 0.144. The van der Waals surface area contributed by atoms with Crippen molar-refractivity contribution in [3.63, 3.8) is 0 Å². The summed E-state index contributed by atoms with van der Waals surface area (Å²) < 4.78 is 32.2. The Balaban J connectivity index is 1.55. The highest BCUT2D eigenvalue weighted by atomic mass is 35.5. The third kappa shape index (κ3) is 5.73. The second kappa shape index (κ2) is 9.31. The van der Waals surface area contributed by atoms with E-state index in [0.29, 0.717) is 5.75 Å². The number of hydrogen-bond acceptors (Lipinski definition) is 7. The lowest BCUT2D eigenvalue weighted by Gasteiger charge is -2.07. The van der Waals surface area contributed by atoms with Gasteiger partial charge in [0.25, 0.3) is 15.9 Å². The van der Waals surface area contributed by atoms with E-state index in [-0.39, 0.29) is 33.2 Å². The number of rotatable bonds is 8. The number of benzene rings is 2. The molecular weight excluding hydrogens is 436 g/mol. The van der Waals surface area contributed by atoms with Crippen LogP contribution < -0.4 is 14.8 Å². The molecule has 1 aromatic heterocycles. The van der Waals surface area contributed by atoms with Crippen molar-refractivity contribution in [1.29, 1.82) is 0 Å². The van der Waals surface area contributed by atoms with E-state index in [1.165, 1.54) is 0 Å². The van der Waals surface area contributed by atoms with Gasteiger partial charge in [0.2, 0.25) is 9.47 Å². The number of carbonyl (C=O) groups excluding carboxylic acids is 1. The minimum Gasteiger partial charge on any atom is -0.492 e. The lowest BCUT2D eigenvalue weighted by atomic mass is 10.2. The van der Waals surface area contributed by atoms with Gasteiger partial charge < -0.3 is 4.74 Å². The van der Waals surface area contributed by atoms with Crippen LogP contribution in [0.3, 0.4) is 0 Å². The predicted octanol–water partition coefficient (Wildman–Crippen LogP) is 3.11. The lowest BCUT2D eigenvalue weighted by Crippen LogP contribution is -2.28. The number of anilines is 1. The Morgan fingerprint density at radius 1 is 1.14 bits per heavy atom. The maximum atomic E-state index is 12.3. The van der Waals surface area contributed by atoms with E-state index in [1.807, 2.05) is 31.2 Å². The number of sulfonamides is 1. The quantitative estimate of drug-likeness (QED) is 0.401. The van der Waals surface area contributed by atoms with E-state index in [2.05, 4.69) is 20.2 Å². The summed E-state index contributed by atoms with van der Waals surface area (Å²) in [6.45, 7) is 2.17. The first-order valence-electron chi connectivity index (χ1n) is 8.44. The van der Waals surface area contributed by atoms with Crippen molar-refractivity contribution in [2.45, 2.75) is 11.3 Å². The van der Waals surface area contributed by atoms with E-state index in [4.69, 9.17) is 16.3 Å². The smallest absolute Gasteiger partial charge is 0.269 e. The molecule has 8 nitrogen and oxygen atoms in total. The van der Waals surface area contributed by atoms with Gasteiger partial charge in [-0.25, -0.2) is 13.1 Å². The van der Waals surface area contributed by atoms with Gasteiger partial charge in [0.15, 0.2) is 0 Å². The molecular formula is C18H17ClN4O4S2. The number of aryl methyl sites for hydroxylation is 1. The van der Waals surface area contributed by atoms with Crippen LogP contribution in [0.1, 0.15) is 15.9 Å². The number of aromatic nitrogens is 2. The van der Waals surface area contributed by atoms with Crippen molar-refractivity contribution < 1.29 is 17.9 Å². The van der Waals surface area contributed by atoms with Gasteiger partial charge in [-0.2, -0.15) is 0 Å². The fourth-order valence-electron chi connectivity index (χ4n) is 2.22. The third-order valence-corrected chi connectivity index (χ3v) is 6.66. The summed E-state index contributed by atoms with van der Waals surface area (Å²) in [5.41, 5.74) is 1.35. The first kappa shape index (κ1) is 21.2. The monoisotopic (exact) mass is 452 g/mol. The summed E-state index contributed by atoms with van der Waals surface area (Å²) >= 11 is 6.71. The number of halogens is 1. The van der Waals surface area contributed by atoms with Gasteiger partial charge in [-0.05, 0) is 31.2 Å². The predicted molar refractivity (Wildman–Crippen MR) is 111 cm³/mol. The fourth-order valence-corrected chi connectivity index (χ4v) is 4.39. The molecule has 0 saturated carbocycles. The Morgan fingerprint density at radius 2 is 1.86 bits per heavy atom. The molecule has 152 valence electrons. The molecule has 29 heavy (non-hydrogen) atoms.